The third-order valence-electron chi connectivity index (χ3n) is 7.30. The molecule has 188 valence electrons. The summed E-state index contributed by atoms with van der Waals surface area (Å²) in [5.41, 5.74) is 5.61. The van der Waals surface area contributed by atoms with Gasteiger partial charge >= 0.3 is 0 Å². The summed E-state index contributed by atoms with van der Waals surface area (Å²) in [4.78, 5) is 16.8. The van der Waals surface area contributed by atoms with Crippen LogP contribution in [-0.2, 0) is 24.8 Å². The topological polar surface area (TPSA) is 85.3 Å². The van der Waals surface area contributed by atoms with E-state index in [9.17, 15) is 10.1 Å². The third kappa shape index (κ3) is 3.76. The van der Waals surface area contributed by atoms with Crippen LogP contribution in [0.3, 0.4) is 0 Å². The fourth-order valence-electron chi connectivity index (χ4n) is 5.39. The molecule has 1 aromatic carbocycles. The van der Waals surface area contributed by atoms with E-state index in [0.717, 1.165) is 45.1 Å². The van der Waals surface area contributed by atoms with E-state index in [-0.39, 0.29) is 12.5 Å². The van der Waals surface area contributed by atoms with Crippen LogP contribution in [0.2, 0.25) is 0 Å². The number of morpholine rings is 1. The molecule has 0 aliphatic carbocycles. The number of benzene rings is 1. The van der Waals surface area contributed by atoms with Gasteiger partial charge in [0.25, 0.3) is 5.91 Å². The number of aromatic nitrogens is 3. The molecular formula is C28H27N5O3S. The second-order valence-electron chi connectivity index (χ2n) is 9.65. The number of ether oxygens (including phenoxy) is 2. The third-order valence-corrected chi connectivity index (χ3v) is 8.20. The van der Waals surface area contributed by atoms with Gasteiger partial charge in [0.1, 0.15) is 11.4 Å². The van der Waals surface area contributed by atoms with Crippen LogP contribution in [0.4, 0.5) is 0 Å². The molecule has 1 fully saturated rings. The lowest BCUT2D eigenvalue weighted by Crippen LogP contribution is -2.56. The van der Waals surface area contributed by atoms with Gasteiger partial charge in [0.15, 0.2) is 5.54 Å². The molecule has 1 atom stereocenters. The first-order valence-electron chi connectivity index (χ1n) is 12.2. The van der Waals surface area contributed by atoms with Crippen molar-refractivity contribution in [2.24, 2.45) is 7.05 Å². The summed E-state index contributed by atoms with van der Waals surface area (Å²) in [5.74, 6) is 0.642. The van der Waals surface area contributed by atoms with Crippen molar-refractivity contribution in [3.8, 4) is 44.8 Å². The Morgan fingerprint density at radius 1 is 1.22 bits per heavy atom. The largest absolute Gasteiger partial charge is 0.496 e. The number of carbonyl (C=O) groups excluding carboxylic acids is 1. The lowest BCUT2D eigenvalue weighted by atomic mass is 9.92. The van der Waals surface area contributed by atoms with Gasteiger partial charge in [-0.1, -0.05) is 6.07 Å². The monoisotopic (exact) mass is 513 g/mol. The van der Waals surface area contributed by atoms with Crippen molar-refractivity contribution >= 4 is 17.2 Å². The fourth-order valence-corrected chi connectivity index (χ4v) is 6.13. The molecule has 37 heavy (non-hydrogen) atoms. The lowest BCUT2D eigenvalue weighted by Gasteiger charge is -2.39. The maximum atomic E-state index is 14.0. The minimum absolute atomic E-state index is 0.140. The zero-order valence-electron chi connectivity index (χ0n) is 21.0. The number of fused-ring (bicyclic) bond motifs is 3. The van der Waals surface area contributed by atoms with E-state index in [1.807, 2.05) is 36.8 Å². The molecule has 0 spiro atoms. The van der Waals surface area contributed by atoms with Gasteiger partial charge in [-0.25, -0.2) is 0 Å². The Labute approximate surface area is 219 Å². The van der Waals surface area contributed by atoms with E-state index in [4.69, 9.17) is 9.47 Å². The van der Waals surface area contributed by atoms with E-state index in [1.165, 1.54) is 5.56 Å². The molecule has 0 unspecified atom stereocenters. The SMILES string of the molecule is COc1cc2c(cc1-c1ccn(C)n1)-c1c(-c3cccs3)cc(C(=O)N3CCOC[C@]3(C)C#N)n1CC2. The molecule has 1 saturated heterocycles. The van der Waals surface area contributed by atoms with Crippen LogP contribution in [0, 0.1) is 11.3 Å². The quantitative estimate of drug-likeness (QED) is 0.398. The van der Waals surface area contributed by atoms with E-state index < -0.39 is 5.54 Å². The number of hydrogen-bond acceptors (Lipinski definition) is 6. The minimum atomic E-state index is -1.00. The highest BCUT2D eigenvalue weighted by Crippen LogP contribution is 2.45. The van der Waals surface area contributed by atoms with Gasteiger partial charge in [0, 0.05) is 47.9 Å². The molecule has 6 rings (SSSR count). The van der Waals surface area contributed by atoms with Gasteiger partial charge in [-0.05, 0) is 54.6 Å². The predicted molar refractivity (Wildman–Crippen MR) is 142 cm³/mol. The summed E-state index contributed by atoms with van der Waals surface area (Å²) in [7, 11) is 3.58. The van der Waals surface area contributed by atoms with Gasteiger partial charge in [-0.15, -0.1) is 11.3 Å². The van der Waals surface area contributed by atoms with Gasteiger partial charge in [-0.2, -0.15) is 10.4 Å². The number of hydrogen-bond donors (Lipinski definition) is 0. The van der Waals surface area contributed by atoms with Crippen molar-refractivity contribution in [2.45, 2.75) is 25.4 Å². The maximum absolute atomic E-state index is 14.0. The molecule has 2 aliphatic rings. The molecule has 2 aliphatic heterocycles. The highest BCUT2D eigenvalue weighted by Gasteiger charge is 2.41. The Balaban J connectivity index is 1.55. The summed E-state index contributed by atoms with van der Waals surface area (Å²) in [6, 6.07) is 14.6. The summed E-state index contributed by atoms with van der Waals surface area (Å²) in [5, 5.41) is 16.5. The van der Waals surface area contributed by atoms with Gasteiger partial charge in [0.05, 0.1) is 37.8 Å². The Hall–Kier alpha value is -3.87. The molecule has 0 bridgehead atoms. The molecule has 3 aromatic heterocycles. The first-order chi connectivity index (χ1) is 17.9. The van der Waals surface area contributed by atoms with Gasteiger partial charge < -0.3 is 18.9 Å². The van der Waals surface area contributed by atoms with Crippen molar-refractivity contribution in [3.63, 3.8) is 0 Å². The zero-order valence-corrected chi connectivity index (χ0v) is 21.8. The number of nitriles is 1. The van der Waals surface area contributed by atoms with Crippen LogP contribution in [0.1, 0.15) is 23.0 Å². The summed E-state index contributed by atoms with van der Waals surface area (Å²) in [6.07, 6.45) is 2.68. The van der Waals surface area contributed by atoms with E-state index in [1.54, 1.807) is 35.0 Å². The highest BCUT2D eigenvalue weighted by atomic mass is 32.1. The number of amides is 1. The molecule has 1 amide bonds. The fraction of sp³-hybridized carbons (Fsp3) is 0.321. The van der Waals surface area contributed by atoms with Crippen LogP contribution >= 0.6 is 11.3 Å². The van der Waals surface area contributed by atoms with Gasteiger partial charge in [-0.3, -0.25) is 9.48 Å². The van der Waals surface area contributed by atoms with Crippen LogP contribution in [0.15, 0.2) is 48.0 Å². The standard InChI is InChI=1S/C28H27N5O3S/c1-28(16-29)17-36-11-10-33(28)27(34)23-15-21(25-5-4-12-37-25)26-19-14-20(22-7-8-31(2)30-22)24(35-3)13-18(19)6-9-32(23)26/h4-5,7-8,12-15H,6,9-11,17H2,1-3H3/t28-/m0/s1. The molecule has 5 heterocycles. The van der Waals surface area contributed by atoms with E-state index in [2.05, 4.69) is 33.9 Å². The maximum Gasteiger partial charge on any atom is 0.271 e. The normalized spacial score (nSPS) is 18.7. The van der Waals surface area contributed by atoms with E-state index in [0.29, 0.717) is 25.4 Å². The average molecular weight is 514 g/mol. The average Bonchev–Trinajstić information content (AvgIpc) is 3.67. The second-order valence-corrected chi connectivity index (χ2v) is 10.6. The Morgan fingerprint density at radius 3 is 2.78 bits per heavy atom. The van der Waals surface area contributed by atoms with Crippen molar-refractivity contribution in [3.05, 3.63) is 59.2 Å². The number of methoxy groups -OCH3 is 1. The first kappa shape index (κ1) is 23.5. The summed E-state index contributed by atoms with van der Waals surface area (Å²) < 4.78 is 15.2. The first-order valence-corrected chi connectivity index (χ1v) is 13.1. The Morgan fingerprint density at radius 2 is 2.08 bits per heavy atom. The second kappa shape index (κ2) is 8.91. The minimum Gasteiger partial charge on any atom is -0.496 e. The molecule has 0 N–H and O–H groups in total. The molecular weight excluding hydrogens is 486 g/mol. The molecule has 0 saturated carbocycles. The van der Waals surface area contributed by atoms with Crippen molar-refractivity contribution in [1.29, 1.82) is 5.26 Å². The molecule has 8 nitrogen and oxygen atoms in total. The number of carbonyl (C=O) groups is 1. The number of thiophene rings is 1. The van der Waals surface area contributed by atoms with E-state index >= 15 is 0 Å². The van der Waals surface area contributed by atoms with Crippen LogP contribution in [-0.4, -0.2) is 57.6 Å². The number of nitrogens with zero attached hydrogens (tertiary/aromatic N) is 5. The smallest absolute Gasteiger partial charge is 0.271 e. The molecule has 0 radical (unpaired) electrons. The van der Waals surface area contributed by atoms with Gasteiger partial charge in [0.2, 0.25) is 0 Å². The number of rotatable bonds is 4. The van der Waals surface area contributed by atoms with Crippen molar-refractivity contribution < 1.29 is 14.3 Å². The highest BCUT2D eigenvalue weighted by molar-refractivity contribution is 7.13. The predicted octanol–water partition coefficient (Wildman–Crippen LogP) is 4.60. The Bertz CT molecular complexity index is 1540. The summed E-state index contributed by atoms with van der Waals surface area (Å²) in [6.45, 7) is 3.44. The summed E-state index contributed by atoms with van der Waals surface area (Å²) >= 11 is 1.65. The Kier molecular flexibility index (Phi) is 5.66. The number of aryl methyl sites for hydroxylation is 2. The zero-order chi connectivity index (χ0) is 25.7. The van der Waals surface area contributed by atoms with Crippen molar-refractivity contribution in [2.75, 3.05) is 26.9 Å². The van der Waals surface area contributed by atoms with Crippen LogP contribution < -0.4 is 4.74 Å². The van der Waals surface area contributed by atoms with Crippen LogP contribution in [0.5, 0.6) is 5.75 Å². The van der Waals surface area contributed by atoms with Crippen LogP contribution in [0.25, 0.3) is 33.0 Å². The lowest BCUT2D eigenvalue weighted by molar-refractivity contribution is -0.0225. The molecule has 9 heteroatoms. The van der Waals surface area contributed by atoms with Crippen molar-refractivity contribution in [1.82, 2.24) is 19.2 Å². The molecule has 4 aromatic rings.